The van der Waals surface area contributed by atoms with Crippen LogP contribution in [0.25, 0.3) is 0 Å². The lowest BCUT2D eigenvalue weighted by Gasteiger charge is -2.60. The van der Waals surface area contributed by atoms with Gasteiger partial charge in [0.05, 0.1) is 11.6 Å². The Morgan fingerprint density at radius 2 is 1.92 bits per heavy atom. The van der Waals surface area contributed by atoms with Crippen molar-refractivity contribution in [2.45, 2.75) is 112 Å². The summed E-state index contributed by atoms with van der Waals surface area (Å²) in [6.07, 6.45) is 18.3. The summed E-state index contributed by atoms with van der Waals surface area (Å²) in [5.74, 6) is 6.69. The van der Waals surface area contributed by atoms with Crippen LogP contribution in [0.5, 0.6) is 5.88 Å². The second-order valence-electron chi connectivity index (χ2n) is 14.0. The average molecular weight is 515 g/mol. The lowest BCUT2D eigenvalue weighted by Crippen LogP contribution is -2.53. The van der Waals surface area contributed by atoms with Gasteiger partial charge in [-0.1, -0.05) is 72.5 Å². The van der Waals surface area contributed by atoms with Gasteiger partial charge in [-0.25, -0.2) is 0 Å². The summed E-state index contributed by atoms with van der Waals surface area (Å²) in [6.45, 7) is 15.2. The summed E-state index contributed by atoms with van der Waals surface area (Å²) in [4.78, 5) is 6.09. The van der Waals surface area contributed by atoms with Gasteiger partial charge in [0.25, 0.3) is 0 Å². The molecule has 200 valence electrons. The molecule has 4 heteroatoms. The highest BCUT2D eigenvalue weighted by Crippen LogP contribution is 2.68. The summed E-state index contributed by atoms with van der Waals surface area (Å²) < 4.78 is 6.41. The minimum absolute atomic E-state index is 0.224. The molecule has 0 aromatic carbocycles. The van der Waals surface area contributed by atoms with Crippen LogP contribution in [0, 0.1) is 52.3 Å². The fraction of sp³-hybridized carbons (Fsp3) is 0.812. The van der Waals surface area contributed by atoms with Gasteiger partial charge in [0.1, 0.15) is 12.2 Å². The zero-order chi connectivity index (χ0) is 25.7. The first-order valence-electron chi connectivity index (χ1n) is 15.1. The summed E-state index contributed by atoms with van der Waals surface area (Å²) in [6, 6.07) is 1.94. The summed E-state index contributed by atoms with van der Waals surface area (Å²) >= 11 is 6.12. The lowest BCUT2D eigenvalue weighted by molar-refractivity contribution is -0.533. The Balaban J connectivity index is 1.30. The molecule has 0 bridgehead atoms. The first-order valence-corrected chi connectivity index (χ1v) is 15.5. The Hall–Kier alpha value is -1.09. The number of fused-ring (bicyclic) bond motifs is 5. The molecule has 3 saturated carbocycles. The van der Waals surface area contributed by atoms with Crippen molar-refractivity contribution >= 4 is 11.6 Å². The van der Waals surface area contributed by atoms with Crippen molar-refractivity contribution in [3.8, 4) is 5.88 Å². The van der Waals surface area contributed by atoms with Crippen molar-refractivity contribution in [3.05, 3.63) is 29.2 Å². The fourth-order valence-electron chi connectivity index (χ4n) is 9.79. The van der Waals surface area contributed by atoms with E-state index in [4.69, 9.17) is 16.3 Å². The summed E-state index contributed by atoms with van der Waals surface area (Å²) in [5.41, 5.74) is 2.57. The number of hydrogen-bond donors (Lipinski definition) is 0. The second kappa shape index (κ2) is 10.2. The van der Waals surface area contributed by atoms with Gasteiger partial charge in [-0.05, 0) is 90.8 Å². The molecule has 36 heavy (non-hydrogen) atoms. The van der Waals surface area contributed by atoms with E-state index in [1.54, 1.807) is 5.57 Å². The zero-order valence-electron chi connectivity index (χ0n) is 23.7. The van der Waals surface area contributed by atoms with Crippen molar-refractivity contribution in [3.63, 3.8) is 0 Å². The molecule has 2 N–H and O–H groups in total. The van der Waals surface area contributed by atoms with E-state index in [0.717, 1.165) is 54.2 Å². The maximum Gasteiger partial charge on any atom is 0.520 e. The predicted octanol–water partition coefficient (Wildman–Crippen LogP) is 8.00. The van der Waals surface area contributed by atoms with E-state index in [2.05, 4.69) is 57.6 Å². The Labute approximate surface area is 225 Å². The number of nitrogens with one attached hydrogen (secondary N) is 2. The van der Waals surface area contributed by atoms with Crippen molar-refractivity contribution in [1.29, 1.82) is 0 Å². The van der Waals surface area contributed by atoms with Gasteiger partial charge in [-0.15, -0.1) is 9.97 Å². The van der Waals surface area contributed by atoms with E-state index in [1.807, 2.05) is 12.3 Å². The van der Waals surface area contributed by atoms with Crippen LogP contribution >= 0.6 is 11.6 Å². The zero-order valence-corrected chi connectivity index (χ0v) is 24.5. The predicted molar refractivity (Wildman–Crippen MR) is 147 cm³/mol. The largest absolute Gasteiger partial charge is 0.520 e. The van der Waals surface area contributed by atoms with Crippen molar-refractivity contribution < 1.29 is 14.7 Å². The van der Waals surface area contributed by atoms with Gasteiger partial charge < -0.3 is 4.74 Å². The minimum Gasteiger partial charge on any atom is -0.440 e. The molecule has 0 radical (unpaired) electrons. The normalized spacial score (nSPS) is 40.7. The number of aromatic nitrogens is 2. The van der Waals surface area contributed by atoms with E-state index >= 15 is 0 Å². The van der Waals surface area contributed by atoms with E-state index in [1.165, 1.54) is 51.4 Å². The second-order valence-corrected chi connectivity index (χ2v) is 14.4. The van der Waals surface area contributed by atoms with Gasteiger partial charge >= 0.3 is 11.2 Å². The number of allylic oxidation sites excluding steroid dienone is 1. The molecule has 4 aliphatic carbocycles. The first-order chi connectivity index (χ1) is 17.1. The van der Waals surface area contributed by atoms with Crippen LogP contribution in [0.15, 0.2) is 23.9 Å². The number of rotatable bonds is 7. The molecule has 0 saturated heterocycles. The van der Waals surface area contributed by atoms with Gasteiger partial charge in [-0.3, -0.25) is 0 Å². The molecule has 0 spiro atoms. The monoisotopic (exact) mass is 514 g/mol. The third-order valence-corrected chi connectivity index (χ3v) is 12.0. The Morgan fingerprint density at radius 1 is 1.11 bits per heavy atom. The van der Waals surface area contributed by atoms with E-state index in [9.17, 15) is 0 Å². The van der Waals surface area contributed by atoms with E-state index in [0.29, 0.717) is 22.0 Å². The highest BCUT2D eigenvalue weighted by molar-refractivity contribution is 6.26. The van der Waals surface area contributed by atoms with Crippen molar-refractivity contribution in [2.24, 2.45) is 52.3 Å². The molecule has 4 unspecified atom stereocenters. The Bertz CT molecular complexity index is 961. The SMILES string of the molecule is CC(C)CCCC(C)[C@H]1CCC2C3CC=C4C[C@@H](Oc5cc[nH+]c(Cl)[nH+]5)C[C@H](C)[C@]4(C)C3CC[C@@]21C. The summed E-state index contributed by atoms with van der Waals surface area (Å²) in [7, 11) is 0. The van der Waals surface area contributed by atoms with Crippen LogP contribution in [0.2, 0.25) is 5.28 Å². The molecule has 3 fully saturated rings. The standard InChI is InChI=1S/C32H49ClN2O/c1-20(2)8-7-9-21(3)26-12-13-27-25-11-10-23-19-24(36-29-15-17-34-30(33)35-29)18-22(4)32(23,6)28(25)14-16-31(26,27)5/h10,15,17,20-22,24-28H,7-9,11-14,16,18-19H2,1-6H3/p+2/t21?,22-,24-,25?,26+,27?,28?,31+,32-/m0/s1. The third-order valence-electron chi connectivity index (χ3n) is 11.8. The Morgan fingerprint density at radius 3 is 2.67 bits per heavy atom. The van der Waals surface area contributed by atoms with Crippen LogP contribution < -0.4 is 14.7 Å². The van der Waals surface area contributed by atoms with Crippen LogP contribution in [-0.4, -0.2) is 6.10 Å². The maximum absolute atomic E-state index is 6.41. The molecule has 9 atom stereocenters. The van der Waals surface area contributed by atoms with Crippen LogP contribution in [0.4, 0.5) is 0 Å². The molecule has 1 aromatic rings. The van der Waals surface area contributed by atoms with Gasteiger partial charge in [-0.2, -0.15) is 0 Å². The van der Waals surface area contributed by atoms with Crippen LogP contribution in [0.1, 0.15) is 106 Å². The molecular weight excluding hydrogens is 464 g/mol. The van der Waals surface area contributed by atoms with E-state index < -0.39 is 0 Å². The van der Waals surface area contributed by atoms with E-state index in [-0.39, 0.29) is 6.10 Å². The van der Waals surface area contributed by atoms with Crippen LogP contribution in [0.3, 0.4) is 0 Å². The molecule has 5 rings (SSSR count). The number of halogens is 1. The Kier molecular flexibility index (Phi) is 7.54. The highest BCUT2D eigenvalue weighted by Gasteiger charge is 2.60. The van der Waals surface area contributed by atoms with Gasteiger partial charge in [0.2, 0.25) is 0 Å². The number of ether oxygens (including phenoxy) is 1. The molecule has 3 nitrogen and oxygen atoms in total. The molecule has 4 aliphatic rings. The number of aromatic amines is 2. The number of hydrogen-bond acceptors (Lipinski definition) is 1. The molecule has 1 heterocycles. The van der Waals surface area contributed by atoms with Gasteiger partial charge in [0, 0.05) is 6.42 Å². The smallest absolute Gasteiger partial charge is 0.440 e. The highest BCUT2D eigenvalue weighted by atomic mass is 35.5. The van der Waals surface area contributed by atoms with Crippen molar-refractivity contribution in [2.75, 3.05) is 0 Å². The maximum atomic E-state index is 6.41. The summed E-state index contributed by atoms with van der Waals surface area (Å²) in [5, 5.41) is 0.510. The fourth-order valence-corrected chi connectivity index (χ4v) is 9.95. The number of H-pyrrole nitrogens is 2. The third kappa shape index (κ3) is 4.65. The average Bonchev–Trinajstić information content (AvgIpc) is 3.17. The minimum atomic E-state index is 0.224. The molecular formula is C32H51ClN2O+2. The molecule has 1 aromatic heterocycles. The first kappa shape index (κ1) is 26.5. The quantitative estimate of drug-likeness (QED) is 0.268. The van der Waals surface area contributed by atoms with Crippen LogP contribution in [-0.2, 0) is 0 Å². The van der Waals surface area contributed by atoms with Gasteiger partial charge in [0.15, 0.2) is 6.20 Å². The topological polar surface area (TPSA) is 37.5 Å². The molecule has 0 aliphatic heterocycles. The van der Waals surface area contributed by atoms with Crippen molar-refractivity contribution in [1.82, 2.24) is 0 Å². The molecule has 0 amide bonds. The lowest BCUT2D eigenvalue weighted by atomic mass is 9.45.